The third-order valence-corrected chi connectivity index (χ3v) is 6.30. The molecule has 7 heteroatoms. The van der Waals surface area contributed by atoms with Gasteiger partial charge in [0.25, 0.3) is 0 Å². The molecule has 0 radical (unpaired) electrons. The lowest BCUT2D eigenvalue weighted by atomic mass is 9.90. The molecule has 1 aromatic carbocycles. The molecule has 1 aliphatic carbocycles. The van der Waals surface area contributed by atoms with Crippen LogP contribution < -0.4 is 20.8 Å². The molecule has 2 saturated heterocycles. The normalized spacial score (nSPS) is 30.6. The SMILES string of the molecule is N#CC[C@@H](C1CC1)N1NC(Nc2ccc3c(c2)CCO3)C2C(=O)NCCC21. The molecule has 142 valence electrons. The lowest BCUT2D eigenvalue weighted by Crippen LogP contribution is -2.52. The van der Waals surface area contributed by atoms with Crippen molar-refractivity contribution in [3.05, 3.63) is 23.8 Å². The monoisotopic (exact) mass is 367 g/mol. The molecule has 0 spiro atoms. The number of carbonyl (C=O) groups is 1. The van der Waals surface area contributed by atoms with E-state index in [1.54, 1.807) is 0 Å². The summed E-state index contributed by atoms with van der Waals surface area (Å²) in [4.78, 5) is 12.7. The van der Waals surface area contributed by atoms with E-state index < -0.39 is 0 Å². The first kappa shape index (κ1) is 16.8. The van der Waals surface area contributed by atoms with Crippen molar-refractivity contribution in [3.63, 3.8) is 0 Å². The summed E-state index contributed by atoms with van der Waals surface area (Å²) in [5.74, 6) is 1.45. The highest BCUT2D eigenvalue weighted by molar-refractivity contribution is 5.82. The first-order valence-corrected chi connectivity index (χ1v) is 9.96. The summed E-state index contributed by atoms with van der Waals surface area (Å²) in [6.07, 6.45) is 4.52. The fourth-order valence-corrected chi connectivity index (χ4v) is 4.82. The molecule has 5 rings (SSSR count). The number of nitrogens with zero attached hydrogens (tertiary/aromatic N) is 2. The predicted octanol–water partition coefficient (Wildman–Crippen LogP) is 1.38. The number of anilines is 1. The second-order valence-electron chi connectivity index (χ2n) is 8.02. The molecule has 1 amide bonds. The van der Waals surface area contributed by atoms with Crippen molar-refractivity contribution in [2.45, 2.75) is 50.4 Å². The summed E-state index contributed by atoms with van der Waals surface area (Å²) in [5.41, 5.74) is 5.77. The van der Waals surface area contributed by atoms with Crippen LogP contribution in [0.25, 0.3) is 0 Å². The molecule has 3 aliphatic heterocycles. The first-order chi connectivity index (χ1) is 13.2. The number of piperidine rings is 1. The first-order valence-electron chi connectivity index (χ1n) is 9.96. The summed E-state index contributed by atoms with van der Waals surface area (Å²) in [5, 5.41) is 18.1. The molecule has 3 unspecified atom stereocenters. The zero-order valence-corrected chi connectivity index (χ0v) is 15.3. The maximum absolute atomic E-state index is 12.7. The van der Waals surface area contributed by atoms with Gasteiger partial charge in [0, 0.05) is 30.7 Å². The highest BCUT2D eigenvalue weighted by atomic mass is 16.5. The molecule has 4 aliphatic rings. The summed E-state index contributed by atoms with van der Waals surface area (Å²) >= 11 is 0. The second kappa shape index (κ2) is 6.70. The maximum atomic E-state index is 12.7. The van der Waals surface area contributed by atoms with Crippen molar-refractivity contribution in [2.24, 2.45) is 11.8 Å². The van der Waals surface area contributed by atoms with E-state index in [1.165, 1.54) is 18.4 Å². The number of amides is 1. The quantitative estimate of drug-likeness (QED) is 0.729. The van der Waals surface area contributed by atoms with Crippen LogP contribution in [-0.4, -0.2) is 42.3 Å². The zero-order chi connectivity index (χ0) is 18.4. The number of benzene rings is 1. The number of ether oxygens (including phenoxy) is 1. The molecular formula is C20H25N5O2. The number of nitriles is 1. The Labute approximate surface area is 159 Å². The fourth-order valence-electron chi connectivity index (χ4n) is 4.82. The Hall–Kier alpha value is -2.30. The minimum Gasteiger partial charge on any atom is -0.493 e. The Balaban J connectivity index is 1.39. The molecule has 27 heavy (non-hydrogen) atoms. The maximum Gasteiger partial charge on any atom is 0.228 e. The highest BCUT2D eigenvalue weighted by Gasteiger charge is 2.51. The van der Waals surface area contributed by atoms with Crippen molar-refractivity contribution in [3.8, 4) is 11.8 Å². The summed E-state index contributed by atoms with van der Waals surface area (Å²) in [6.45, 7) is 1.43. The van der Waals surface area contributed by atoms with Gasteiger partial charge in [-0.25, -0.2) is 10.4 Å². The van der Waals surface area contributed by atoms with E-state index in [0.717, 1.165) is 30.9 Å². The minimum absolute atomic E-state index is 0.0924. The molecule has 0 bridgehead atoms. The third-order valence-electron chi connectivity index (χ3n) is 6.30. The average molecular weight is 367 g/mol. The van der Waals surface area contributed by atoms with Crippen LogP contribution in [0, 0.1) is 23.2 Å². The largest absolute Gasteiger partial charge is 0.493 e. The van der Waals surface area contributed by atoms with Gasteiger partial charge in [0.15, 0.2) is 0 Å². The number of hydrogen-bond acceptors (Lipinski definition) is 6. The van der Waals surface area contributed by atoms with Crippen molar-refractivity contribution in [2.75, 3.05) is 18.5 Å². The van der Waals surface area contributed by atoms with E-state index in [9.17, 15) is 10.1 Å². The Morgan fingerprint density at radius 2 is 2.26 bits per heavy atom. The van der Waals surface area contributed by atoms with Crippen LogP contribution in [0.4, 0.5) is 5.69 Å². The van der Waals surface area contributed by atoms with E-state index in [4.69, 9.17) is 4.74 Å². The van der Waals surface area contributed by atoms with Gasteiger partial charge in [-0.3, -0.25) is 4.79 Å². The number of carbonyl (C=O) groups excluding carboxylic acids is 1. The molecular weight excluding hydrogens is 342 g/mol. The van der Waals surface area contributed by atoms with Crippen molar-refractivity contribution >= 4 is 11.6 Å². The van der Waals surface area contributed by atoms with Crippen LogP contribution in [0.3, 0.4) is 0 Å². The summed E-state index contributed by atoms with van der Waals surface area (Å²) in [6, 6.07) is 8.80. The van der Waals surface area contributed by atoms with Crippen LogP contribution in [0.15, 0.2) is 18.2 Å². The lowest BCUT2D eigenvalue weighted by molar-refractivity contribution is -0.128. The van der Waals surface area contributed by atoms with Gasteiger partial charge in [-0.2, -0.15) is 5.26 Å². The van der Waals surface area contributed by atoms with Crippen LogP contribution in [0.5, 0.6) is 5.75 Å². The van der Waals surface area contributed by atoms with Crippen LogP contribution >= 0.6 is 0 Å². The molecule has 3 N–H and O–H groups in total. The van der Waals surface area contributed by atoms with E-state index in [1.807, 2.05) is 12.1 Å². The van der Waals surface area contributed by atoms with Crippen molar-refractivity contribution < 1.29 is 9.53 Å². The van der Waals surface area contributed by atoms with Crippen molar-refractivity contribution in [1.82, 2.24) is 15.8 Å². The van der Waals surface area contributed by atoms with Gasteiger partial charge in [-0.05, 0) is 48.9 Å². The number of hydrazine groups is 1. The molecule has 1 saturated carbocycles. The van der Waals surface area contributed by atoms with E-state index in [0.29, 0.717) is 18.9 Å². The third kappa shape index (κ3) is 3.03. The topological polar surface area (TPSA) is 89.4 Å². The molecule has 4 atom stereocenters. The van der Waals surface area contributed by atoms with Crippen LogP contribution in [0.2, 0.25) is 0 Å². The molecule has 3 heterocycles. The van der Waals surface area contributed by atoms with Gasteiger partial charge >= 0.3 is 0 Å². The van der Waals surface area contributed by atoms with Gasteiger partial charge in [0.1, 0.15) is 11.9 Å². The molecule has 0 aromatic heterocycles. The molecule has 7 nitrogen and oxygen atoms in total. The molecule has 1 aromatic rings. The van der Waals surface area contributed by atoms with E-state index in [-0.39, 0.29) is 30.1 Å². The molecule has 3 fully saturated rings. The van der Waals surface area contributed by atoms with Crippen LogP contribution in [-0.2, 0) is 11.2 Å². The van der Waals surface area contributed by atoms with Gasteiger partial charge < -0.3 is 15.4 Å². The number of fused-ring (bicyclic) bond motifs is 2. The summed E-state index contributed by atoms with van der Waals surface area (Å²) < 4.78 is 5.59. The van der Waals surface area contributed by atoms with Gasteiger partial charge in [0.05, 0.1) is 25.0 Å². The summed E-state index contributed by atoms with van der Waals surface area (Å²) in [7, 11) is 0. The Kier molecular flexibility index (Phi) is 4.18. The average Bonchev–Trinajstić information content (AvgIpc) is 3.29. The minimum atomic E-state index is -0.171. The Morgan fingerprint density at radius 3 is 3.07 bits per heavy atom. The van der Waals surface area contributed by atoms with E-state index >= 15 is 0 Å². The smallest absolute Gasteiger partial charge is 0.228 e. The Bertz CT molecular complexity index is 787. The van der Waals surface area contributed by atoms with Gasteiger partial charge in [-0.15, -0.1) is 0 Å². The van der Waals surface area contributed by atoms with Crippen molar-refractivity contribution in [1.29, 1.82) is 5.26 Å². The number of rotatable bonds is 5. The second-order valence-corrected chi connectivity index (χ2v) is 8.02. The fraction of sp³-hybridized carbons (Fsp3) is 0.600. The lowest BCUT2D eigenvalue weighted by Gasteiger charge is -2.34. The van der Waals surface area contributed by atoms with Gasteiger partial charge in [-0.1, -0.05) is 0 Å². The number of hydrogen-bond donors (Lipinski definition) is 3. The van der Waals surface area contributed by atoms with Gasteiger partial charge in [0.2, 0.25) is 5.91 Å². The van der Waals surface area contributed by atoms with Crippen LogP contribution in [0.1, 0.15) is 31.2 Å². The van der Waals surface area contributed by atoms with E-state index in [2.05, 4.69) is 33.2 Å². The predicted molar refractivity (Wildman–Crippen MR) is 99.7 cm³/mol. The highest BCUT2D eigenvalue weighted by Crippen LogP contribution is 2.41. The standard InChI is InChI=1S/C20H25N5O2/c21-8-5-15(12-1-2-12)25-16-6-9-22-20(26)18(16)19(24-25)23-14-3-4-17-13(11-14)7-10-27-17/h3-4,11-12,15-16,18-19,23-24H,1-2,5-7,9-10H2,(H,22,26)/t15-,16?,18?,19?/m0/s1. The number of nitrogens with one attached hydrogen (secondary N) is 3. The zero-order valence-electron chi connectivity index (χ0n) is 15.3. The Morgan fingerprint density at radius 1 is 1.37 bits per heavy atom.